The molecule has 3 aromatic carbocycles. The molecular weight excluding hydrogens is 466 g/mol. The summed E-state index contributed by atoms with van der Waals surface area (Å²) < 4.78 is 5.44. The molecule has 2 N–H and O–H groups in total. The molecule has 172 valence electrons. The number of carbonyl (C=O) groups is 2. The molecule has 1 aromatic heterocycles. The van der Waals surface area contributed by atoms with Crippen molar-refractivity contribution in [2.75, 3.05) is 23.0 Å². The monoisotopic (exact) mass is 489 g/mol. The lowest BCUT2D eigenvalue weighted by molar-refractivity contribution is -0.118. The summed E-state index contributed by atoms with van der Waals surface area (Å²) in [5.74, 6) is 0.546. The summed E-state index contributed by atoms with van der Waals surface area (Å²) in [6.45, 7) is 1.98. The maximum Gasteiger partial charge on any atom is 0.262 e. The highest BCUT2D eigenvalue weighted by molar-refractivity contribution is 8.00. The predicted molar refractivity (Wildman–Crippen MR) is 139 cm³/mol. The largest absolute Gasteiger partial charge is 0.484 e. The fourth-order valence-electron chi connectivity index (χ4n) is 2.99. The Balaban J connectivity index is 1.21. The first-order valence-corrected chi connectivity index (χ1v) is 12.4. The highest BCUT2D eigenvalue weighted by Crippen LogP contribution is 2.26. The number of hydrogen-bond acceptors (Lipinski definition) is 6. The second kappa shape index (κ2) is 11.5. The smallest absolute Gasteiger partial charge is 0.262 e. The van der Waals surface area contributed by atoms with E-state index >= 15 is 0 Å². The first kappa shape index (κ1) is 23.5. The van der Waals surface area contributed by atoms with Gasteiger partial charge in [0, 0.05) is 21.5 Å². The van der Waals surface area contributed by atoms with Crippen molar-refractivity contribution < 1.29 is 14.3 Å². The average molecular weight is 490 g/mol. The van der Waals surface area contributed by atoms with Crippen LogP contribution in [0.5, 0.6) is 5.75 Å². The van der Waals surface area contributed by atoms with E-state index in [1.54, 1.807) is 24.3 Å². The third-order valence-corrected chi connectivity index (χ3v) is 6.49. The molecule has 4 rings (SSSR count). The van der Waals surface area contributed by atoms with Gasteiger partial charge in [-0.3, -0.25) is 9.59 Å². The summed E-state index contributed by atoms with van der Waals surface area (Å²) in [6, 6.07) is 24.6. The van der Waals surface area contributed by atoms with Gasteiger partial charge in [0.15, 0.2) is 11.7 Å². The van der Waals surface area contributed by atoms with Crippen molar-refractivity contribution in [1.29, 1.82) is 0 Å². The topological polar surface area (TPSA) is 80.3 Å². The molecule has 0 spiro atoms. The van der Waals surface area contributed by atoms with Gasteiger partial charge in [0.05, 0.1) is 11.4 Å². The Morgan fingerprint density at radius 2 is 1.65 bits per heavy atom. The third kappa shape index (κ3) is 6.94. The predicted octanol–water partition coefficient (Wildman–Crippen LogP) is 5.87. The van der Waals surface area contributed by atoms with Crippen LogP contribution in [-0.2, 0) is 9.59 Å². The van der Waals surface area contributed by atoms with E-state index in [0.717, 1.165) is 16.2 Å². The minimum atomic E-state index is -0.239. The number of carbonyl (C=O) groups excluding carboxylic acids is 2. The lowest BCUT2D eigenvalue weighted by Crippen LogP contribution is -2.20. The number of anilines is 2. The van der Waals surface area contributed by atoms with Gasteiger partial charge in [0.1, 0.15) is 5.75 Å². The number of amides is 2. The van der Waals surface area contributed by atoms with E-state index in [0.29, 0.717) is 16.6 Å². The number of nitrogens with zero attached hydrogens (tertiary/aromatic N) is 1. The van der Waals surface area contributed by atoms with Crippen LogP contribution in [0, 0.1) is 6.92 Å². The van der Waals surface area contributed by atoms with Crippen LogP contribution in [0.4, 0.5) is 10.8 Å². The molecule has 1 heterocycles. The van der Waals surface area contributed by atoms with Gasteiger partial charge in [0.2, 0.25) is 5.91 Å². The second-order valence-electron chi connectivity index (χ2n) is 7.42. The third-order valence-electron chi connectivity index (χ3n) is 4.72. The van der Waals surface area contributed by atoms with Gasteiger partial charge in [-0.15, -0.1) is 23.1 Å². The molecule has 0 aliphatic heterocycles. The highest BCUT2D eigenvalue weighted by atomic mass is 32.2. The lowest BCUT2D eigenvalue weighted by Gasteiger charge is -2.08. The number of ether oxygens (including phenoxy) is 1. The number of aromatic nitrogens is 1. The Hall–Kier alpha value is -3.62. The molecule has 6 nitrogen and oxygen atoms in total. The summed E-state index contributed by atoms with van der Waals surface area (Å²) in [6.07, 6.45) is 0. The molecule has 34 heavy (non-hydrogen) atoms. The number of thioether (sulfide) groups is 1. The molecule has 4 aromatic rings. The minimum Gasteiger partial charge on any atom is -0.484 e. The SMILES string of the molecule is Cc1ccc(-c2csc(NC(=O)CSc3ccc(NC(=O)COc4ccccc4)cc3)n2)cc1. The van der Waals surface area contributed by atoms with Crippen molar-refractivity contribution >= 4 is 45.7 Å². The van der Waals surface area contributed by atoms with E-state index < -0.39 is 0 Å². The van der Waals surface area contributed by atoms with E-state index in [1.165, 1.54) is 28.7 Å². The minimum absolute atomic E-state index is 0.0664. The van der Waals surface area contributed by atoms with E-state index in [2.05, 4.69) is 15.6 Å². The normalized spacial score (nSPS) is 10.5. The van der Waals surface area contributed by atoms with Crippen LogP contribution in [0.25, 0.3) is 11.3 Å². The number of benzene rings is 3. The van der Waals surface area contributed by atoms with Crippen molar-refractivity contribution in [3.8, 4) is 17.0 Å². The molecule has 0 aliphatic rings. The Bertz CT molecular complexity index is 1240. The molecule has 0 atom stereocenters. The van der Waals surface area contributed by atoms with E-state index in [-0.39, 0.29) is 24.2 Å². The van der Waals surface area contributed by atoms with Gasteiger partial charge in [0.25, 0.3) is 5.91 Å². The molecule has 8 heteroatoms. The van der Waals surface area contributed by atoms with Crippen molar-refractivity contribution in [3.05, 3.63) is 89.8 Å². The number of thiazole rings is 1. The number of para-hydroxylation sites is 1. The Morgan fingerprint density at radius 1 is 0.912 bits per heavy atom. The maximum absolute atomic E-state index is 12.3. The van der Waals surface area contributed by atoms with Gasteiger partial charge < -0.3 is 15.4 Å². The fourth-order valence-corrected chi connectivity index (χ4v) is 4.42. The standard InChI is InChI=1S/C26H23N3O3S2/c1-18-7-9-19(10-8-18)23-16-34-26(28-23)29-25(31)17-33-22-13-11-20(12-14-22)27-24(30)15-32-21-5-3-2-4-6-21/h2-14,16H,15,17H2,1H3,(H,27,30)(H,28,29,31). The Kier molecular flexibility index (Phi) is 7.95. The fraction of sp³-hybridized carbons (Fsp3) is 0.115. The van der Waals surface area contributed by atoms with Crippen LogP contribution in [0.3, 0.4) is 0 Å². The molecular formula is C26H23N3O3S2. The first-order valence-electron chi connectivity index (χ1n) is 10.6. The zero-order valence-electron chi connectivity index (χ0n) is 18.5. The van der Waals surface area contributed by atoms with Gasteiger partial charge in [-0.1, -0.05) is 48.0 Å². The summed E-state index contributed by atoms with van der Waals surface area (Å²) in [5, 5.41) is 8.17. The quantitative estimate of drug-likeness (QED) is 0.288. The molecule has 0 bridgehead atoms. The van der Waals surface area contributed by atoms with Crippen LogP contribution < -0.4 is 15.4 Å². The zero-order valence-corrected chi connectivity index (χ0v) is 20.1. The van der Waals surface area contributed by atoms with E-state index in [4.69, 9.17) is 4.74 Å². The van der Waals surface area contributed by atoms with Crippen molar-refractivity contribution in [3.63, 3.8) is 0 Å². The Morgan fingerprint density at radius 3 is 2.38 bits per heavy atom. The van der Waals surface area contributed by atoms with Crippen LogP contribution in [0.1, 0.15) is 5.56 Å². The van der Waals surface area contributed by atoms with Crippen molar-refractivity contribution in [2.24, 2.45) is 0 Å². The number of nitrogens with one attached hydrogen (secondary N) is 2. The second-order valence-corrected chi connectivity index (χ2v) is 9.32. The van der Waals surface area contributed by atoms with Crippen LogP contribution in [0.2, 0.25) is 0 Å². The summed E-state index contributed by atoms with van der Waals surface area (Å²) in [5.41, 5.74) is 3.73. The molecule has 0 saturated heterocycles. The van der Waals surface area contributed by atoms with Crippen molar-refractivity contribution in [2.45, 2.75) is 11.8 Å². The van der Waals surface area contributed by atoms with Crippen molar-refractivity contribution in [1.82, 2.24) is 4.98 Å². The highest BCUT2D eigenvalue weighted by Gasteiger charge is 2.09. The van der Waals surface area contributed by atoms with Crippen LogP contribution in [-0.4, -0.2) is 29.2 Å². The average Bonchev–Trinajstić information content (AvgIpc) is 3.32. The van der Waals surface area contributed by atoms with Crippen LogP contribution >= 0.6 is 23.1 Å². The van der Waals surface area contributed by atoms with Gasteiger partial charge in [-0.05, 0) is 43.3 Å². The summed E-state index contributed by atoms with van der Waals surface area (Å²) in [4.78, 5) is 29.8. The first-order chi connectivity index (χ1) is 16.5. The van der Waals surface area contributed by atoms with Crippen LogP contribution in [0.15, 0.2) is 89.1 Å². The number of hydrogen-bond donors (Lipinski definition) is 2. The zero-order chi connectivity index (χ0) is 23.8. The number of aryl methyl sites for hydroxylation is 1. The molecule has 0 saturated carbocycles. The van der Waals surface area contributed by atoms with Gasteiger partial charge in [-0.2, -0.15) is 0 Å². The molecule has 0 unspecified atom stereocenters. The number of rotatable bonds is 9. The molecule has 2 amide bonds. The maximum atomic E-state index is 12.3. The summed E-state index contributed by atoms with van der Waals surface area (Å²) >= 11 is 2.82. The summed E-state index contributed by atoms with van der Waals surface area (Å²) in [7, 11) is 0. The van der Waals surface area contributed by atoms with E-state index in [1.807, 2.05) is 66.9 Å². The molecule has 0 aliphatic carbocycles. The lowest BCUT2D eigenvalue weighted by atomic mass is 10.1. The van der Waals surface area contributed by atoms with Gasteiger partial charge >= 0.3 is 0 Å². The van der Waals surface area contributed by atoms with Gasteiger partial charge in [-0.25, -0.2) is 4.98 Å². The Labute approximate surface area is 206 Å². The molecule has 0 fully saturated rings. The molecule has 0 radical (unpaired) electrons. The van der Waals surface area contributed by atoms with E-state index in [9.17, 15) is 9.59 Å².